The van der Waals surface area contributed by atoms with Crippen molar-refractivity contribution in [2.75, 3.05) is 6.61 Å². The standard InChI is InChI=1S/C30H29ClNOP/c1-25(23-32)20-21-33-27-13-11-12-26(22-27)24-34(31,28-14-5-2-6-15-28,29-16-7-3-8-17-29)30-18-9-4-10-19-30/h2-19,22,25H,20-21,24H2,1H3. The van der Waals surface area contributed by atoms with Crippen molar-refractivity contribution >= 4 is 33.1 Å². The second-order valence-corrected chi connectivity index (χ2v) is 15.1. The van der Waals surface area contributed by atoms with E-state index in [1.807, 2.05) is 37.3 Å². The van der Waals surface area contributed by atoms with Crippen molar-refractivity contribution in [1.29, 1.82) is 5.26 Å². The van der Waals surface area contributed by atoms with Crippen LogP contribution in [0.4, 0.5) is 0 Å². The summed E-state index contributed by atoms with van der Waals surface area (Å²) in [6.45, 7) is 2.43. The first kappa shape index (κ1) is 24.0. The van der Waals surface area contributed by atoms with Gasteiger partial charge in [0.2, 0.25) is 0 Å². The molecule has 4 aromatic rings. The van der Waals surface area contributed by atoms with Crippen LogP contribution in [0.5, 0.6) is 5.75 Å². The van der Waals surface area contributed by atoms with E-state index in [0.717, 1.165) is 27.2 Å². The zero-order valence-corrected chi connectivity index (χ0v) is 21.0. The van der Waals surface area contributed by atoms with Gasteiger partial charge in [-0.15, -0.1) is 0 Å². The number of benzene rings is 4. The molecule has 0 N–H and O–H groups in total. The van der Waals surface area contributed by atoms with Crippen molar-refractivity contribution in [3.8, 4) is 11.8 Å². The van der Waals surface area contributed by atoms with Gasteiger partial charge in [-0.3, -0.25) is 0 Å². The molecular formula is C30H29ClNOP. The van der Waals surface area contributed by atoms with E-state index in [4.69, 9.17) is 21.2 Å². The predicted octanol–water partition coefficient (Wildman–Crippen LogP) is 6.80. The van der Waals surface area contributed by atoms with Gasteiger partial charge in [0.15, 0.2) is 0 Å². The number of rotatable bonds is 9. The van der Waals surface area contributed by atoms with Crippen LogP contribution in [0.2, 0.25) is 0 Å². The van der Waals surface area contributed by atoms with E-state index in [9.17, 15) is 0 Å². The Balaban J connectivity index is 1.84. The minimum atomic E-state index is -3.39. The number of nitriles is 1. The fraction of sp³-hybridized carbons (Fsp3) is 0.167. The van der Waals surface area contributed by atoms with Gasteiger partial charge in [0.25, 0.3) is 0 Å². The average Bonchev–Trinajstić information content (AvgIpc) is 2.90. The van der Waals surface area contributed by atoms with Gasteiger partial charge >= 0.3 is 208 Å². The number of nitrogens with zero attached hydrogens (tertiary/aromatic N) is 1. The Morgan fingerprint density at radius 1 is 0.765 bits per heavy atom. The third kappa shape index (κ3) is 4.74. The maximum atomic E-state index is 9.04. The summed E-state index contributed by atoms with van der Waals surface area (Å²) in [7, 11) is 0. The summed E-state index contributed by atoms with van der Waals surface area (Å²) >= 11 is 8.18. The summed E-state index contributed by atoms with van der Waals surface area (Å²) in [4.78, 5) is 0. The van der Waals surface area contributed by atoms with Gasteiger partial charge in [0.05, 0.1) is 0 Å². The van der Waals surface area contributed by atoms with Crippen LogP contribution in [0, 0.1) is 17.2 Å². The first-order chi connectivity index (χ1) is 16.5. The molecule has 0 spiro atoms. The molecule has 0 heterocycles. The Morgan fingerprint density at radius 3 is 1.74 bits per heavy atom. The molecule has 4 heteroatoms. The second-order valence-electron chi connectivity index (χ2n) is 8.66. The number of ether oxygens (including phenoxy) is 1. The molecule has 0 aliphatic carbocycles. The average molecular weight is 486 g/mol. The van der Waals surface area contributed by atoms with Gasteiger partial charge in [0, 0.05) is 0 Å². The number of hydrogen-bond acceptors (Lipinski definition) is 2. The maximum absolute atomic E-state index is 9.04. The quantitative estimate of drug-likeness (QED) is 0.244. The van der Waals surface area contributed by atoms with Crippen LogP contribution in [0.1, 0.15) is 18.9 Å². The van der Waals surface area contributed by atoms with Crippen molar-refractivity contribution in [3.63, 3.8) is 0 Å². The Kier molecular flexibility index (Phi) is 7.38. The van der Waals surface area contributed by atoms with E-state index in [1.54, 1.807) is 0 Å². The molecule has 0 saturated carbocycles. The summed E-state index contributed by atoms with van der Waals surface area (Å²) in [5, 5.41) is 12.5. The van der Waals surface area contributed by atoms with Crippen LogP contribution in [0.3, 0.4) is 0 Å². The Bertz CT molecular complexity index is 1160. The van der Waals surface area contributed by atoms with Crippen LogP contribution < -0.4 is 20.7 Å². The zero-order valence-electron chi connectivity index (χ0n) is 19.3. The Labute approximate surface area is 207 Å². The summed E-state index contributed by atoms with van der Waals surface area (Å²) in [6, 6.07) is 42.0. The zero-order chi connectivity index (χ0) is 23.9. The molecule has 1 atom stereocenters. The molecular weight excluding hydrogens is 457 g/mol. The molecule has 0 saturated heterocycles. The third-order valence-electron chi connectivity index (χ3n) is 6.30. The summed E-state index contributed by atoms with van der Waals surface area (Å²) in [5.74, 6) is -2.61. The second kappa shape index (κ2) is 10.4. The summed E-state index contributed by atoms with van der Waals surface area (Å²) in [6.07, 6.45) is 1.37. The van der Waals surface area contributed by atoms with E-state index in [2.05, 4.69) is 91.0 Å². The molecule has 4 aromatic carbocycles. The van der Waals surface area contributed by atoms with Crippen molar-refractivity contribution in [3.05, 3.63) is 121 Å². The number of hydrogen-bond donors (Lipinski definition) is 0. The fourth-order valence-corrected chi connectivity index (χ4v) is 10.6. The molecule has 172 valence electrons. The third-order valence-corrected chi connectivity index (χ3v) is 13.5. The Hall–Kier alpha value is -3.11. The van der Waals surface area contributed by atoms with Crippen molar-refractivity contribution in [2.24, 2.45) is 5.92 Å². The fourth-order valence-electron chi connectivity index (χ4n) is 4.43. The van der Waals surface area contributed by atoms with Gasteiger partial charge < -0.3 is 0 Å². The van der Waals surface area contributed by atoms with Crippen molar-refractivity contribution < 1.29 is 4.74 Å². The van der Waals surface area contributed by atoms with Gasteiger partial charge in [-0.05, 0) is 0 Å². The van der Waals surface area contributed by atoms with Crippen LogP contribution >= 0.6 is 17.2 Å². The molecule has 0 bridgehead atoms. The SMILES string of the molecule is CC(C#N)CCOc1cccc(CP(Cl)(c2ccccc2)(c2ccccc2)c2ccccc2)c1. The molecule has 0 fully saturated rings. The predicted molar refractivity (Wildman–Crippen MR) is 146 cm³/mol. The van der Waals surface area contributed by atoms with Crippen LogP contribution in [0.15, 0.2) is 115 Å². The van der Waals surface area contributed by atoms with E-state index in [1.165, 1.54) is 0 Å². The van der Waals surface area contributed by atoms with E-state index in [0.29, 0.717) is 19.2 Å². The molecule has 0 aromatic heterocycles. The van der Waals surface area contributed by atoms with Gasteiger partial charge in [-0.25, -0.2) is 0 Å². The van der Waals surface area contributed by atoms with Crippen molar-refractivity contribution in [1.82, 2.24) is 0 Å². The van der Waals surface area contributed by atoms with Gasteiger partial charge in [-0.2, -0.15) is 0 Å². The van der Waals surface area contributed by atoms with Crippen LogP contribution in [-0.2, 0) is 6.16 Å². The summed E-state index contributed by atoms with van der Waals surface area (Å²) < 4.78 is 6.00. The normalized spacial score (nSPS) is 13.3. The van der Waals surface area contributed by atoms with Crippen LogP contribution in [0.25, 0.3) is 0 Å². The molecule has 2 nitrogen and oxygen atoms in total. The van der Waals surface area contributed by atoms with E-state index in [-0.39, 0.29) is 5.92 Å². The molecule has 0 radical (unpaired) electrons. The first-order valence-electron chi connectivity index (χ1n) is 11.6. The van der Waals surface area contributed by atoms with Gasteiger partial charge in [-0.1, -0.05) is 0 Å². The molecule has 0 amide bonds. The molecule has 34 heavy (non-hydrogen) atoms. The van der Waals surface area contributed by atoms with Crippen LogP contribution in [-0.4, -0.2) is 6.61 Å². The Morgan fingerprint density at radius 2 is 1.26 bits per heavy atom. The topological polar surface area (TPSA) is 33.0 Å². The first-order valence-corrected chi connectivity index (χ1v) is 14.9. The molecule has 4 rings (SSSR count). The number of halogens is 1. The van der Waals surface area contributed by atoms with Crippen molar-refractivity contribution in [2.45, 2.75) is 19.5 Å². The van der Waals surface area contributed by atoms with E-state index < -0.39 is 5.96 Å². The van der Waals surface area contributed by atoms with E-state index >= 15 is 0 Å². The molecule has 0 aliphatic heterocycles. The monoisotopic (exact) mass is 485 g/mol. The minimum absolute atomic E-state index is 0.0249. The summed E-state index contributed by atoms with van der Waals surface area (Å²) in [5.41, 5.74) is 1.12. The molecule has 1 unspecified atom stereocenters. The van der Waals surface area contributed by atoms with Gasteiger partial charge in [0.1, 0.15) is 0 Å². The molecule has 0 aliphatic rings.